The second-order valence-electron chi connectivity index (χ2n) is 3.34. The summed E-state index contributed by atoms with van der Waals surface area (Å²) in [4.78, 5) is 4.61. The Morgan fingerprint density at radius 3 is 2.42 bits per heavy atom. The topological polar surface area (TPSA) is 39.1 Å². The van der Waals surface area contributed by atoms with Gasteiger partial charge in [0.2, 0.25) is 0 Å². The lowest BCUT2D eigenvalue weighted by Crippen LogP contribution is -2.48. The van der Waals surface area contributed by atoms with E-state index in [0.29, 0.717) is 0 Å². The van der Waals surface area contributed by atoms with Crippen LogP contribution in [0.1, 0.15) is 6.92 Å². The molecule has 0 aromatic carbocycles. The second kappa shape index (κ2) is 4.42. The molecule has 1 aliphatic heterocycles. The lowest BCUT2D eigenvalue weighted by molar-refractivity contribution is 0.142. The van der Waals surface area contributed by atoms with Crippen molar-refractivity contribution in [2.45, 2.75) is 13.0 Å². The third-order valence-electron chi connectivity index (χ3n) is 2.40. The Hall–Kier alpha value is -0.610. The predicted octanol–water partition coefficient (Wildman–Crippen LogP) is 0.0823. The first-order chi connectivity index (χ1) is 5.74. The largest absolute Gasteiger partial charge is 0.411 e. The Labute approximate surface area is 73.5 Å². The monoisotopic (exact) mass is 171 g/mol. The minimum atomic E-state index is 0.253. The summed E-state index contributed by atoms with van der Waals surface area (Å²) < 4.78 is 0. The van der Waals surface area contributed by atoms with Gasteiger partial charge in [-0.3, -0.25) is 4.90 Å². The van der Waals surface area contributed by atoms with Crippen LogP contribution in [0.15, 0.2) is 5.16 Å². The highest BCUT2D eigenvalue weighted by atomic mass is 16.4. The van der Waals surface area contributed by atoms with Crippen LogP contribution in [-0.2, 0) is 0 Å². The zero-order valence-electron chi connectivity index (χ0n) is 7.77. The van der Waals surface area contributed by atoms with Gasteiger partial charge in [-0.25, -0.2) is 0 Å². The summed E-state index contributed by atoms with van der Waals surface area (Å²) in [6.07, 6.45) is 1.57. The van der Waals surface area contributed by atoms with Crippen LogP contribution in [-0.4, -0.2) is 60.5 Å². The normalized spacial score (nSPS) is 24.8. The van der Waals surface area contributed by atoms with E-state index in [0.717, 1.165) is 26.2 Å². The van der Waals surface area contributed by atoms with E-state index in [-0.39, 0.29) is 6.04 Å². The zero-order chi connectivity index (χ0) is 8.97. The summed E-state index contributed by atoms with van der Waals surface area (Å²) in [5.74, 6) is 0. The van der Waals surface area contributed by atoms with Gasteiger partial charge in [0.15, 0.2) is 0 Å². The van der Waals surface area contributed by atoms with Crippen LogP contribution in [0.3, 0.4) is 0 Å². The van der Waals surface area contributed by atoms with Gasteiger partial charge in [0, 0.05) is 32.2 Å². The van der Waals surface area contributed by atoms with E-state index < -0.39 is 0 Å². The fourth-order valence-corrected chi connectivity index (χ4v) is 1.42. The van der Waals surface area contributed by atoms with E-state index in [4.69, 9.17) is 5.21 Å². The number of hydrogen-bond acceptors (Lipinski definition) is 4. The first kappa shape index (κ1) is 9.48. The van der Waals surface area contributed by atoms with E-state index in [9.17, 15) is 0 Å². The number of hydrogen-bond donors (Lipinski definition) is 1. The predicted molar refractivity (Wildman–Crippen MR) is 48.8 cm³/mol. The molecular formula is C8H17N3O. The number of piperazine rings is 1. The molecule has 4 nitrogen and oxygen atoms in total. The highest BCUT2D eigenvalue weighted by Gasteiger charge is 2.17. The third-order valence-corrected chi connectivity index (χ3v) is 2.40. The van der Waals surface area contributed by atoms with Gasteiger partial charge >= 0.3 is 0 Å². The Bertz CT molecular complexity index is 152. The lowest BCUT2D eigenvalue weighted by atomic mass is 10.2. The lowest BCUT2D eigenvalue weighted by Gasteiger charge is -2.34. The maximum Gasteiger partial charge on any atom is 0.0605 e. The minimum Gasteiger partial charge on any atom is -0.411 e. The van der Waals surface area contributed by atoms with Gasteiger partial charge in [-0.1, -0.05) is 0 Å². The highest BCUT2D eigenvalue weighted by molar-refractivity contribution is 5.62. The molecule has 1 N–H and O–H groups in total. The highest BCUT2D eigenvalue weighted by Crippen LogP contribution is 2.02. The molecule has 1 heterocycles. The van der Waals surface area contributed by atoms with E-state index in [2.05, 4.69) is 22.0 Å². The van der Waals surface area contributed by atoms with Crippen LogP contribution in [0.25, 0.3) is 0 Å². The van der Waals surface area contributed by atoms with Crippen molar-refractivity contribution in [3.05, 3.63) is 0 Å². The molecule has 0 aromatic heterocycles. The van der Waals surface area contributed by atoms with Crippen molar-refractivity contribution in [3.63, 3.8) is 0 Å². The summed E-state index contributed by atoms with van der Waals surface area (Å²) in [5, 5.41) is 11.4. The quantitative estimate of drug-likeness (QED) is 0.363. The molecule has 0 amide bonds. The van der Waals surface area contributed by atoms with Gasteiger partial charge in [-0.15, -0.1) is 5.16 Å². The first-order valence-electron chi connectivity index (χ1n) is 4.34. The average molecular weight is 171 g/mol. The molecule has 1 rings (SSSR count). The minimum absolute atomic E-state index is 0.253. The Balaban J connectivity index is 2.33. The molecule has 1 fully saturated rings. The molecule has 12 heavy (non-hydrogen) atoms. The molecule has 1 aliphatic rings. The SMILES string of the molecule is CC(C=NO)N1CCN(C)CC1. The molecule has 0 aromatic rings. The molecule has 0 radical (unpaired) electrons. The van der Waals surface area contributed by atoms with Crippen molar-refractivity contribution in [1.82, 2.24) is 9.80 Å². The molecule has 70 valence electrons. The summed E-state index contributed by atoms with van der Waals surface area (Å²) in [6, 6.07) is 0.253. The molecular weight excluding hydrogens is 154 g/mol. The summed E-state index contributed by atoms with van der Waals surface area (Å²) >= 11 is 0. The molecule has 4 heteroatoms. The fraction of sp³-hybridized carbons (Fsp3) is 0.875. The van der Waals surface area contributed by atoms with Gasteiger partial charge < -0.3 is 10.1 Å². The van der Waals surface area contributed by atoms with Crippen molar-refractivity contribution in [2.24, 2.45) is 5.16 Å². The molecule has 1 saturated heterocycles. The van der Waals surface area contributed by atoms with Crippen molar-refractivity contribution in [1.29, 1.82) is 0 Å². The molecule has 0 saturated carbocycles. The van der Waals surface area contributed by atoms with Crippen LogP contribution in [0.5, 0.6) is 0 Å². The van der Waals surface area contributed by atoms with Crippen LogP contribution < -0.4 is 0 Å². The fourth-order valence-electron chi connectivity index (χ4n) is 1.42. The maximum atomic E-state index is 8.35. The van der Waals surface area contributed by atoms with Gasteiger partial charge in [-0.2, -0.15) is 0 Å². The Morgan fingerprint density at radius 2 is 1.92 bits per heavy atom. The van der Waals surface area contributed by atoms with Gasteiger partial charge in [0.05, 0.1) is 6.21 Å². The molecule has 0 spiro atoms. The second-order valence-corrected chi connectivity index (χ2v) is 3.34. The van der Waals surface area contributed by atoms with Crippen LogP contribution >= 0.6 is 0 Å². The van der Waals surface area contributed by atoms with Crippen LogP contribution in [0.2, 0.25) is 0 Å². The summed E-state index contributed by atoms with van der Waals surface area (Å²) in [6.45, 7) is 6.37. The van der Waals surface area contributed by atoms with E-state index in [1.807, 2.05) is 6.92 Å². The molecule has 0 aliphatic carbocycles. The average Bonchev–Trinajstić information content (AvgIpc) is 2.06. The van der Waals surface area contributed by atoms with Crippen molar-refractivity contribution in [2.75, 3.05) is 33.2 Å². The number of oxime groups is 1. The van der Waals surface area contributed by atoms with E-state index in [1.54, 1.807) is 6.21 Å². The van der Waals surface area contributed by atoms with E-state index >= 15 is 0 Å². The number of likely N-dealkylation sites (N-methyl/N-ethyl adjacent to an activating group) is 1. The first-order valence-corrected chi connectivity index (χ1v) is 4.34. The van der Waals surface area contributed by atoms with Crippen molar-refractivity contribution >= 4 is 6.21 Å². The smallest absolute Gasteiger partial charge is 0.0605 e. The van der Waals surface area contributed by atoms with Crippen molar-refractivity contribution in [3.8, 4) is 0 Å². The van der Waals surface area contributed by atoms with Crippen LogP contribution in [0, 0.1) is 0 Å². The van der Waals surface area contributed by atoms with Gasteiger partial charge in [0.1, 0.15) is 0 Å². The molecule has 1 unspecified atom stereocenters. The Morgan fingerprint density at radius 1 is 1.33 bits per heavy atom. The number of nitrogens with zero attached hydrogens (tertiary/aromatic N) is 3. The van der Waals surface area contributed by atoms with Gasteiger partial charge in [-0.05, 0) is 14.0 Å². The van der Waals surface area contributed by atoms with Crippen molar-refractivity contribution < 1.29 is 5.21 Å². The summed E-state index contributed by atoms with van der Waals surface area (Å²) in [5.41, 5.74) is 0. The van der Waals surface area contributed by atoms with Gasteiger partial charge in [0.25, 0.3) is 0 Å². The third kappa shape index (κ3) is 2.46. The maximum absolute atomic E-state index is 8.35. The summed E-state index contributed by atoms with van der Waals surface area (Å²) in [7, 11) is 2.13. The zero-order valence-corrected chi connectivity index (χ0v) is 7.77. The molecule has 0 bridgehead atoms. The van der Waals surface area contributed by atoms with E-state index in [1.165, 1.54) is 0 Å². The van der Waals surface area contributed by atoms with Crippen LogP contribution in [0.4, 0.5) is 0 Å². The number of rotatable bonds is 2. The Kier molecular flexibility index (Phi) is 3.49. The standard InChI is InChI=1S/C8H17N3O/c1-8(7-9-12)11-5-3-10(2)4-6-11/h7-8,12H,3-6H2,1-2H3. The molecule has 1 atom stereocenters.